The molecule has 0 saturated heterocycles. The molecule has 5 heteroatoms. The van der Waals surface area contributed by atoms with Gasteiger partial charge in [-0.15, -0.1) is 0 Å². The van der Waals surface area contributed by atoms with E-state index >= 15 is 0 Å². The summed E-state index contributed by atoms with van der Waals surface area (Å²) >= 11 is 0. The van der Waals surface area contributed by atoms with Gasteiger partial charge in [0.2, 0.25) is 0 Å². The molecule has 0 aromatic heterocycles. The summed E-state index contributed by atoms with van der Waals surface area (Å²) in [5, 5.41) is 0. The molecule has 0 spiro atoms. The van der Waals surface area contributed by atoms with Crippen molar-refractivity contribution in [3.05, 3.63) is 0 Å². The summed E-state index contributed by atoms with van der Waals surface area (Å²) in [5.74, 6) is 0.713. The molecule has 1 aliphatic carbocycles. The quantitative estimate of drug-likeness (QED) is 0.597. The molecule has 1 aliphatic rings. The first-order valence-electron chi connectivity index (χ1n) is 6.77. The van der Waals surface area contributed by atoms with E-state index in [2.05, 4.69) is 13.8 Å². The van der Waals surface area contributed by atoms with E-state index in [4.69, 9.17) is 9.79 Å². The number of hydrogen-bond donors (Lipinski definition) is 2. The lowest BCUT2D eigenvalue weighted by Gasteiger charge is -2.33. The van der Waals surface area contributed by atoms with Gasteiger partial charge in [0.25, 0.3) is 0 Å². The molecule has 1 rings (SSSR count). The zero-order valence-electron chi connectivity index (χ0n) is 11.4. The number of carbonyl (C=O) groups is 1. The van der Waals surface area contributed by atoms with E-state index in [0.29, 0.717) is 31.0 Å². The van der Waals surface area contributed by atoms with Crippen LogP contribution in [0.2, 0.25) is 0 Å². The third-order valence-electron chi connectivity index (χ3n) is 4.11. The van der Waals surface area contributed by atoms with Crippen LogP contribution in [-0.2, 0) is 9.36 Å². The van der Waals surface area contributed by atoms with Gasteiger partial charge in [0, 0.05) is 19.0 Å². The van der Waals surface area contributed by atoms with E-state index in [9.17, 15) is 9.36 Å². The summed E-state index contributed by atoms with van der Waals surface area (Å²) in [4.78, 5) is 29.4. The Morgan fingerprint density at radius 2 is 2.00 bits per heavy atom. The molecular weight excluding hydrogens is 251 g/mol. The molecule has 1 atom stereocenters. The van der Waals surface area contributed by atoms with E-state index in [1.165, 1.54) is 0 Å². The summed E-state index contributed by atoms with van der Waals surface area (Å²) in [6.07, 6.45) is 5.76. The molecule has 1 saturated carbocycles. The van der Waals surface area contributed by atoms with Crippen molar-refractivity contribution in [2.75, 3.05) is 6.16 Å². The van der Waals surface area contributed by atoms with Crippen molar-refractivity contribution < 1.29 is 19.1 Å². The normalized spacial score (nSPS) is 22.9. The van der Waals surface area contributed by atoms with Crippen molar-refractivity contribution in [3.8, 4) is 0 Å². The van der Waals surface area contributed by atoms with Crippen molar-refractivity contribution in [1.29, 1.82) is 0 Å². The average molecular weight is 276 g/mol. The predicted octanol–water partition coefficient (Wildman–Crippen LogP) is 3.12. The Labute approximate surface area is 109 Å². The highest BCUT2D eigenvalue weighted by Gasteiger charge is 2.32. The van der Waals surface area contributed by atoms with Crippen molar-refractivity contribution in [1.82, 2.24) is 0 Å². The predicted molar refractivity (Wildman–Crippen MR) is 71.5 cm³/mol. The van der Waals surface area contributed by atoms with Crippen LogP contribution in [0.5, 0.6) is 0 Å². The van der Waals surface area contributed by atoms with Gasteiger partial charge in [-0.1, -0.05) is 20.3 Å². The summed E-state index contributed by atoms with van der Waals surface area (Å²) in [6.45, 7) is 4.24. The molecule has 0 bridgehead atoms. The molecule has 0 heterocycles. The molecule has 0 amide bonds. The van der Waals surface area contributed by atoms with Crippen LogP contribution in [0, 0.1) is 11.3 Å². The highest BCUT2D eigenvalue weighted by molar-refractivity contribution is 7.51. The van der Waals surface area contributed by atoms with Crippen molar-refractivity contribution in [2.24, 2.45) is 11.3 Å². The fourth-order valence-electron chi connectivity index (χ4n) is 2.80. The maximum absolute atomic E-state index is 11.6. The first-order chi connectivity index (χ1) is 8.21. The fourth-order valence-corrected chi connectivity index (χ4v) is 3.37. The third-order valence-corrected chi connectivity index (χ3v) is 5.01. The monoisotopic (exact) mass is 276 g/mol. The SMILES string of the molecule is CC(C)(CCCP(=O)(O)O)C1CCCCC(=O)C1. The lowest BCUT2D eigenvalue weighted by atomic mass is 9.72. The lowest BCUT2D eigenvalue weighted by Crippen LogP contribution is -2.25. The van der Waals surface area contributed by atoms with Crippen LogP contribution < -0.4 is 0 Å². The van der Waals surface area contributed by atoms with E-state index < -0.39 is 7.60 Å². The van der Waals surface area contributed by atoms with Gasteiger partial charge >= 0.3 is 7.60 Å². The Morgan fingerprint density at radius 3 is 2.61 bits per heavy atom. The molecule has 0 aliphatic heterocycles. The first-order valence-corrected chi connectivity index (χ1v) is 8.57. The van der Waals surface area contributed by atoms with Gasteiger partial charge in [0.05, 0.1) is 0 Å². The summed E-state index contributed by atoms with van der Waals surface area (Å²) in [6, 6.07) is 0. The Balaban J connectivity index is 2.50. The smallest absolute Gasteiger partial charge is 0.324 e. The minimum atomic E-state index is -3.88. The van der Waals surface area contributed by atoms with Crippen LogP contribution in [0.15, 0.2) is 0 Å². The van der Waals surface area contributed by atoms with Crippen molar-refractivity contribution in [3.63, 3.8) is 0 Å². The molecule has 1 unspecified atom stereocenters. The zero-order chi connectivity index (χ0) is 13.8. The van der Waals surface area contributed by atoms with Gasteiger partial charge in [-0.05, 0) is 37.0 Å². The van der Waals surface area contributed by atoms with Crippen LogP contribution in [-0.4, -0.2) is 21.7 Å². The average Bonchev–Trinajstić information content (AvgIpc) is 2.40. The van der Waals surface area contributed by atoms with E-state index in [1.54, 1.807) is 0 Å². The van der Waals surface area contributed by atoms with Crippen LogP contribution in [0.3, 0.4) is 0 Å². The zero-order valence-corrected chi connectivity index (χ0v) is 12.3. The second-order valence-corrected chi connectivity index (χ2v) is 7.94. The molecule has 106 valence electrons. The van der Waals surface area contributed by atoms with Gasteiger partial charge < -0.3 is 9.79 Å². The van der Waals surface area contributed by atoms with Crippen LogP contribution >= 0.6 is 7.60 Å². The first kappa shape index (κ1) is 15.9. The maximum Gasteiger partial charge on any atom is 0.325 e. The largest absolute Gasteiger partial charge is 0.325 e. The van der Waals surface area contributed by atoms with Gasteiger partial charge in [-0.2, -0.15) is 0 Å². The Bertz CT molecular complexity index is 332. The molecule has 1 fully saturated rings. The second-order valence-electron chi connectivity index (χ2n) is 6.17. The number of hydrogen-bond acceptors (Lipinski definition) is 2. The van der Waals surface area contributed by atoms with Crippen LogP contribution in [0.1, 0.15) is 58.8 Å². The van der Waals surface area contributed by atoms with Crippen molar-refractivity contribution >= 4 is 13.4 Å². The third kappa shape index (κ3) is 5.64. The maximum atomic E-state index is 11.6. The minimum Gasteiger partial charge on any atom is -0.324 e. The summed E-state index contributed by atoms with van der Waals surface area (Å²) in [7, 11) is -3.88. The van der Waals surface area contributed by atoms with Crippen LogP contribution in [0.25, 0.3) is 0 Å². The molecule has 4 nitrogen and oxygen atoms in total. The second kappa shape index (κ2) is 6.31. The van der Waals surface area contributed by atoms with Crippen molar-refractivity contribution in [2.45, 2.75) is 58.8 Å². The number of rotatable bonds is 5. The molecule has 0 radical (unpaired) electrons. The topological polar surface area (TPSA) is 74.6 Å². The molecule has 0 aromatic rings. The van der Waals surface area contributed by atoms with Gasteiger partial charge in [0.15, 0.2) is 0 Å². The Hall–Kier alpha value is -0.180. The van der Waals surface area contributed by atoms with Gasteiger partial charge in [-0.3, -0.25) is 9.36 Å². The Kier molecular flexibility index (Phi) is 5.57. The minimum absolute atomic E-state index is 0.00479. The molecular formula is C13H25O4P. The number of carbonyl (C=O) groups excluding carboxylic acids is 1. The summed E-state index contributed by atoms with van der Waals surface area (Å²) < 4.78 is 10.8. The van der Waals surface area contributed by atoms with E-state index in [1.807, 2.05) is 0 Å². The molecule has 18 heavy (non-hydrogen) atoms. The number of Topliss-reactive ketones (excluding diaryl/α,β-unsaturated/α-hetero) is 1. The fraction of sp³-hybridized carbons (Fsp3) is 0.923. The van der Waals surface area contributed by atoms with E-state index in [-0.39, 0.29) is 11.6 Å². The molecule has 0 aromatic carbocycles. The highest BCUT2D eigenvalue weighted by atomic mass is 31.2. The summed E-state index contributed by atoms with van der Waals surface area (Å²) in [5.41, 5.74) is -0.00479. The van der Waals surface area contributed by atoms with Gasteiger partial charge in [-0.25, -0.2) is 0 Å². The molecule has 2 N–H and O–H groups in total. The number of ketones is 1. The van der Waals surface area contributed by atoms with Crippen LogP contribution in [0.4, 0.5) is 0 Å². The Morgan fingerprint density at radius 1 is 1.33 bits per heavy atom. The lowest BCUT2D eigenvalue weighted by molar-refractivity contribution is -0.120. The van der Waals surface area contributed by atoms with Gasteiger partial charge in [0.1, 0.15) is 5.78 Å². The standard InChI is InChI=1S/C13H25O4P/c1-13(2,8-5-9-18(15,16)17)11-6-3-4-7-12(14)10-11/h11H,3-10H2,1-2H3,(H2,15,16,17). The highest BCUT2D eigenvalue weighted by Crippen LogP contribution is 2.42. The van der Waals surface area contributed by atoms with E-state index in [0.717, 1.165) is 25.7 Å².